The quantitative estimate of drug-likeness (QED) is 0.577. The van der Waals surface area contributed by atoms with Crippen LogP contribution in [0.1, 0.15) is 5.56 Å². The van der Waals surface area contributed by atoms with E-state index in [1.807, 2.05) is 0 Å². The van der Waals surface area contributed by atoms with Gasteiger partial charge < -0.3 is 4.74 Å². The molecule has 1 aromatic carbocycles. The van der Waals surface area contributed by atoms with Crippen molar-refractivity contribution in [1.82, 2.24) is 0 Å². The van der Waals surface area contributed by atoms with E-state index in [4.69, 9.17) is 23.2 Å². The Balaban J connectivity index is 2.87. The number of hydrogen-bond acceptors (Lipinski definition) is 2. The van der Waals surface area contributed by atoms with Crippen molar-refractivity contribution in [3.63, 3.8) is 0 Å². The van der Waals surface area contributed by atoms with Crippen LogP contribution in [-0.4, -0.2) is 13.1 Å². The molecule has 0 N–H and O–H groups in total. The van der Waals surface area contributed by atoms with Crippen LogP contribution in [0.2, 0.25) is 10.0 Å². The first-order chi connectivity index (χ1) is 6.63. The highest BCUT2D eigenvalue weighted by atomic mass is 35.5. The second kappa shape index (κ2) is 5.03. The van der Waals surface area contributed by atoms with Crippen LogP contribution in [-0.2, 0) is 9.53 Å². The van der Waals surface area contributed by atoms with Gasteiger partial charge in [0.25, 0.3) is 0 Å². The Bertz CT molecular complexity index is 372. The summed E-state index contributed by atoms with van der Waals surface area (Å²) >= 11 is 11.6. The zero-order valence-electron chi connectivity index (χ0n) is 7.46. The topological polar surface area (TPSA) is 26.3 Å². The predicted molar refractivity (Wildman–Crippen MR) is 57.5 cm³/mol. The standard InChI is InChI=1S/C10H8Cl2O2/c1-14-10(13)5-3-7-2-4-8(11)6-9(7)12/h2-6H,1H3/b5-3-. The summed E-state index contributed by atoms with van der Waals surface area (Å²) in [5, 5.41) is 1.06. The molecule has 2 nitrogen and oxygen atoms in total. The molecule has 0 aromatic heterocycles. The highest BCUT2D eigenvalue weighted by Crippen LogP contribution is 2.21. The highest BCUT2D eigenvalue weighted by Gasteiger charge is 1.98. The molecule has 0 fully saturated rings. The van der Waals surface area contributed by atoms with E-state index in [9.17, 15) is 4.79 Å². The van der Waals surface area contributed by atoms with Gasteiger partial charge in [-0.3, -0.25) is 0 Å². The third-order valence-electron chi connectivity index (χ3n) is 1.56. The first-order valence-electron chi connectivity index (χ1n) is 3.84. The zero-order valence-corrected chi connectivity index (χ0v) is 8.97. The molecule has 0 amide bonds. The van der Waals surface area contributed by atoms with Crippen LogP contribution in [0, 0.1) is 0 Å². The van der Waals surface area contributed by atoms with Crippen molar-refractivity contribution >= 4 is 35.2 Å². The van der Waals surface area contributed by atoms with Crippen molar-refractivity contribution in [2.75, 3.05) is 7.11 Å². The van der Waals surface area contributed by atoms with Gasteiger partial charge in [0.05, 0.1) is 7.11 Å². The van der Waals surface area contributed by atoms with Crippen molar-refractivity contribution in [2.24, 2.45) is 0 Å². The SMILES string of the molecule is COC(=O)/C=C\c1ccc(Cl)cc1Cl. The molecule has 4 heteroatoms. The van der Waals surface area contributed by atoms with Crippen LogP contribution < -0.4 is 0 Å². The summed E-state index contributed by atoms with van der Waals surface area (Å²) in [6.45, 7) is 0. The van der Waals surface area contributed by atoms with Crippen molar-refractivity contribution in [1.29, 1.82) is 0 Å². The lowest BCUT2D eigenvalue weighted by Crippen LogP contribution is -1.93. The van der Waals surface area contributed by atoms with Crippen LogP contribution in [0.15, 0.2) is 24.3 Å². The maximum absolute atomic E-state index is 10.8. The average molecular weight is 231 g/mol. The van der Waals surface area contributed by atoms with Gasteiger partial charge in [-0.25, -0.2) is 4.79 Å². The van der Waals surface area contributed by atoms with Crippen molar-refractivity contribution in [3.05, 3.63) is 39.9 Å². The van der Waals surface area contributed by atoms with Crippen molar-refractivity contribution in [3.8, 4) is 0 Å². The van der Waals surface area contributed by atoms with E-state index in [1.54, 1.807) is 24.3 Å². The molecular formula is C10H8Cl2O2. The second-order valence-corrected chi connectivity index (χ2v) is 3.37. The lowest BCUT2D eigenvalue weighted by Gasteiger charge is -1.97. The molecule has 0 heterocycles. The molecule has 0 bridgehead atoms. The minimum atomic E-state index is -0.420. The third-order valence-corrected chi connectivity index (χ3v) is 2.13. The van der Waals surface area contributed by atoms with Gasteiger partial charge in [0.2, 0.25) is 0 Å². The third kappa shape index (κ3) is 3.05. The van der Waals surface area contributed by atoms with E-state index in [-0.39, 0.29) is 0 Å². The Hall–Kier alpha value is -0.990. The van der Waals surface area contributed by atoms with Gasteiger partial charge in [-0.05, 0) is 23.8 Å². The Morgan fingerprint density at radius 2 is 2.14 bits per heavy atom. The number of esters is 1. The molecule has 0 saturated carbocycles. The average Bonchev–Trinajstić information content (AvgIpc) is 2.16. The molecule has 1 aromatic rings. The molecule has 1 rings (SSSR count). The molecule has 0 radical (unpaired) electrons. The van der Waals surface area contributed by atoms with E-state index in [1.165, 1.54) is 13.2 Å². The molecule has 0 aliphatic heterocycles. The molecule has 0 aliphatic rings. The van der Waals surface area contributed by atoms with Gasteiger partial charge in [-0.1, -0.05) is 29.3 Å². The molecule has 0 aliphatic carbocycles. The van der Waals surface area contributed by atoms with Crippen LogP contribution in [0.3, 0.4) is 0 Å². The molecule has 0 saturated heterocycles. The molecule has 14 heavy (non-hydrogen) atoms. The molecule has 0 atom stereocenters. The summed E-state index contributed by atoms with van der Waals surface area (Å²) < 4.78 is 4.44. The summed E-state index contributed by atoms with van der Waals surface area (Å²) in [5.74, 6) is -0.420. The van der Waals surface area contributed by atoms with E-state index in [0.29, 0.717) is 10.0 Å². The largest absolute Gasteiger partial charge is 0.466 e. The van der Waals surface area contributed by atoms with Crippen molar-refractivity contribution in [2.45, 2.75) is 0 Å². The summed E-state index contributed by atoms with van der Waals surface area (Å²) in [7, 11) is 1.32. The lowest BCUT2D eigenvalue weighted by atomic mass is 10.2. The van der Waals surface area contributed by atoms with Crippen molar-refractivity contribution < 1.29 is 9.53 Å². The number of carbonyl (C=O) groups is 1. The summed E-state index contributed by atoms with van der Waals surface area (Å²) in [5.41, 5.74) is 0.724. The fraction of sp³-hybridized carbons (Fsp3) is 0.100. The molecule has 74 valence electrons. The number of benzene rings is 1. The monoisotopic (exact) mass is 230 g/mol. The number of rotatable bonds is 2. The van der Waals surface area contributed by atoms with Gasteiger partial charge in [0.1, 0.15) is 0 Å². The zero-order chi connectivity index (χ0) is 10.6. The normalized spacial score (nSPS) is 10.5. The van der Waals surface area contributed by atoms with Crippen LogP contribution >= 0.6 is 23.2 Å². The number of ether oxygens (including phenoxy) is 1. The van der Waals surface area contributed by atoms with Gasteiger partial charge in [0.15, 0.2) is 0 Å². The number of hydrogen-bond donors (Lipinski definition) is 0. The minimum absolute atomic E-state index is 0.420. The van der Waals surface area contributed by atoms with Gasteiger partial charge in [-0.15, -0.1) is 0 Å². The predicted octanol–water partition coefficient (Wildman–Crippen LogP) is 3.18. The van der Waals surface area contributed by atoms with Gasteiger partial charge >= 0.3 is 5.97 Å². The van der Waals surface area contributed by atoms with Crippen LogP contribution in [0.25, 0.3) is 6.08 Å². The fourth-order valence-corrected chi connectivity index (χ4v) is 1.33. The molecule has 0 unspecified atom stereocenters. The Labute approximate surface area is 92.1 Å². The fourth-order valence-electron chi connectivity index (χ4n) is 0.863. The Morgan fingerprint density at radius 1 is 1.43 bits per heavy atom. The molecule has 0 spiro atoms. The molecular weight excluding hydrogens is 223 g/mol. The maximum Gasteiger partial charge on any atom is 0.330 e. The maximum atomic E-state index is 10.8. The van der Waals surface area contributed by atoms with Gasteiger partial charge in [-0.2, -0.15) is 0 Å². The minimum Gasteiger partial charge on any atom is -0.466 e. The summed E-state index contributed by atoms with van der Waals surface area (Å²) in [4.78, 5) is 10.8. The summed E-state index contributed by atoms with van der Waals surface area (Å²) in [6.07, 6.45) is 2.87. The van der Waals surface area contributed by atoms with E-state index < -0.39 is 5.97 Å². The van der Waals surface area contributed by atoms with E-state index in [0.717, 1.165) is 5.56 Å². The van der Waals surface area contributed by atoms with E-state index >= 15 is 0 Å². The smallest absolute Gasteiger partial charge is 0.330 e. The van der Waals surface area contributed by atoms with Crippen LogP contribution in [0.4, 0.5) is 0 Å². The Morgan fingerprint density at radius 3 is 2.71 bits per heavy atom. The Kier molecular flexibility index (Phi) is 3.98. The second-order valence-electron chi connectivity index (χ2n) is 2.52. The number of methoxy groups -OCH3 is 1. The number of halogens is 2. The van der Waals surface area contributed by atoms with Gasteiger partial charge in [0, 0.05) is 16.1 Å². The summed E-state index contributed by atoms with van der Waals surface area (Å²) in [6, 6.07) is 5.04. The first kappa shape index (κ1) is 11.1. The number of carbonyl (C=O) groups excluding carboxylic acids is 1. The van der Waals surface area contributed by atoms with E-state index in [2.05, 4.69) is 4.74 Å². The lowest BCUT2D eigenvalue weighted by molar-refractivity contribution is -0.134. The van der Waals surface area contributed by atoms with Crippen LogP contribution in [0.5, 0.6) is 0 Å². The first-order valence-corrected chi connectivity index (χ1v) is 4.60. The highest BCUT2D eigenvalue weighted by molar-refractivity contribution is 6.35.